The van der Waals surface area contributed by atoms with E-state index in [4.69, 9.17) is 4.52 Å². The van der Waals surface area contributed by atoms with Crippen LogP contribution in [0.1, 0.15) is 27.6 Å². The Morgan fingerprint density at radius 2 is 2.16 bits per heavy atom. The molecule has 4 aromatic heterocycles. The Morgan fingerprint density at radius 3 is 2.96 bits per heavy atom. The monoisotopic (exact) mass is 353 g/mol. The van der Waals surface area contributed by atoms with Gasteiger partial charge in [-0.25, -0.2) is 4.98 Å². The van der Waals surface area contributed by atoms with Gasteiger partial charge in [0.2, 0.25) is 0 Å². The molecular formula is C17H15N5O2S. The van der Waals surface area contributed by atoms with Crippen LogP contribution in [-0.2, 0) is 6.54 Å². The molecule has 0 spiro atoms. The van der Waals surface area contributed by atoms with E-state index >= 15 is 0 Å². The Hall–Kier alpha value is -3.00. The zero-order chi connectivity index (χ0) is 17.4. The fourth-order valence-electron chi connectivity index (χ4n) is 2.61. The van der Waals surface area contributed by atoms with Gasteiger partial charge in [-0.15, -0.1) is 11.3 Å². The van der Waals surface area contributed by atoms with Crippen molar-refractivity contribution in [1.82, 2.24) is 24.8 Å². The third-order valence-corrected chi connectivity index (χ3v) is 4.62. The number of carbonyl (C=O) groups excluding carboxylic acids is 1. The van der Waals surface area contributed by atoms with Crippen molar-refractivity contribution in [1.29, 1.82) is 0 Å². The van der Waals surface area contributed by atoms with Gasteiger partial charge in [0, 0.05) is 6.20 Å². The number of fused-ring (bicyclic) bond motifs is 1. The Balaban J connectivity index is 1.53. The second-order valence-corrected chi connectivity index (χ2v) is 6.60. The third kappa shape index (κ3) is 2.91. The Labute approximate surface area is 147 Å². The SMILES string of the molecule is Cc1ccc2nc(C)c(C(=O)NCc3noc(-c4cccs4)n3)n2c1. The van der Waals surface area contributed by atoms with Crippen LogP contribution in [0.4, 0.5) is 0 Å². The number of amides is 1. The average molecular weight is 353 g/mol. The summed E-state index contributed by atoms with van der Waals surface area (Å²) in [7, 11) is 0. The number of hydrogen-bond donors (Lipinski definition) is 1. The van der Waals surface area contributed by atoms with Gasteiger partial charge in [-0.1, -0.05) is 17.3 Å². The van der Waals surface area contributed by atoms with Gasteiger partial charge in [0.05, 0.1) is 17.1 Å². The lowest BCUT2D eigenvalue weighted by molar-refractivity contribution is 0.0943. The summed E-state index contributed by atoms with van der Waals surface area (Å²) in [5.74, 6) is 0.665. The predicted molar refractivity (Wildman–Crippen MR) is 93.4 cm³/mol. The van der Waals surface area contributed by atoms with Gasteiger partial charge in [-0.05, 0) is 36.9 Å². The maximum atomic E-state index is 12.6. The van der Waals surface area contributed by atoms with Gasteiger partial charge in [-0.2, -0.15) is 4.98 Å². The van der Waals surface area contributed by atoms with E-state index in [0.29, 0.717) is 23.1 Å². The molecule has 0 fully saturated rings. The smallest absolute Gasteiger partial charge is 0.270 e. The molecule has 1 N–H and O–H groups in total. The van der Waals surface area contributed by atoms with E-state index < -0.39 is 0 Å². The second kappa shape index (κ2) is 6.14. The van der Waals surface area contributed by atoms with Crippen LogP contribution in [0.25, 0.3) is 16.4 Å². The van der Waals surface area contributed by atoms with E-state index in [1.54, 1.807) is 4.40 Å². The molecule has 0 saturated carbocycles. The van der Waals surface area contributed by atoms with Crippen molar-refractivity contribution in [3.63, 3.8) is 0 Å². The highest BCUT2D eigenvalue weighted by molar-refractivity contribution is 7.13. The van der Waals surface area contributed by atoms with Crippen molar-refractivity contribution in [3.05, 3.63) is 58.6 Å². The molecule has 4 rings (SSSR count). The summed E-state index contributed by atoms with van der Waals surface area (Å²) in [6.45, 7) is 3.98. The second-order valence-electron chi connectivity index (χ2n) is 5.66. The molecule has 0 aromatic carbocycles. The maximum absolute atomic E-state index is 12.6. The molecule has 4 heterocycles. The normalized spacial score (nSPS) is 11.1. The summed E-state index contributed by atoms with van der Waals surface area (Å²) in [6.07, 6.45) is 1.90. The number of aryl methyl sites for hydroxylation is 2. The highest BCUT2D eigenvalue weighted by Gasteiger charge is 2.17. The molecule has 0 atom stereocenters. The van der Waals surface area contributed by atoms with Crippen LogP contribution >= 0.6 is 11.3 Å². The molecule has 126 valence electrons. The topological polar surface area (TPSA) is 85.3 Å². The third-order valence-electron chi connectivity index (χ3n) is 3.76. The average Bonchev–Trinajstić information content (AvgIpc) is 3.31. The van der Waals surface area contributed by atoms with E-state index in [2.05, 4.69) is 20.4 Å². The van der Waals surface area contributed by atoms with Crippen molar-refractivity contribution >= 4 is 22.9 Å². The molecule has 0 unspecified atom stereocenters. The van der Waals surface area contributed by atoms with E-state index in [1.807, 2.05) is 49.7 Å². The van der Waals surface area contributed by atoms with E-state index in [0.717, 1.165) is 16.1 Å². The molecule has 0 radical (unpaired) electrons. The number of imidazole rings is 1. The first kappa shape index (κ1) is 15.5. The van der Waals surface area contributed by atoms with E-state index in [9.17, 15) is 4.79 Å². The van der Waals surface area contributed by atoms with Crippen LogP contribution < -0.4 is 5.32 Å². The summed E-state index contributed by atoms with van der Waals surface area (Å²) in [5.41, 5.74) is 2.99. The number of carbonyl (C=O) groups is 1. The Kier molecular flexibility index (Phi) is 3.81. The van der Waals surface area contributed by atoms with E-state index in [-0.39, 0.29) is 12.5 Å². The summed E-state index contributed by atoms with van der Waals surface area (Å²) in [5, 5.41) is 8.68. The molecule has 1 amide bonds. The zero-order valence-corrected chi connectivity index (χ0v) is 14.5. The van der Waals surface area contributed by atoms with Gasteiger partial charge < -0.3 is 9.84 Å². The first-order valence-corrected chi connectivity index (χ1v) is 8.60. The molecule has 0 bridgehead atoms. The lowest BCUT2D eigenvalue weighted by Crippen LogP contribution is -2.25. The number of pyridine rings is 1. The van der Waals surface area contributed by atoms with Crippen molar-refractivity contribution in [3.8, 4) is 10.8 Å². The molecule has 0 aliphatic heterocycles. The fraction of sp³-hybridized carbons (Fsp3) is 0.176. The first-order chi connectivity index (χ1) is 12.1. The number of thiophene rings is 1. The minimum atomic E-state index is -0.224. The van der Waals surface area contributed by atoms with Crippen LogP contribution in [-0.4, -0.2) is 25.4 Å². The Morgan fingerprint density at radius 1 is 1.28 bits per heavy atom. The quantitative estimate of drug-likeness (QED) is 0.609. The lowest BCUT2D eigenvalue weighted by atomic mass is 10.3. The van der Waals surface area contributed by atoms with Gasteiger partial charge in [0.1, 0.15) is 11.3 Å². The maximum Gasteiger partial charge on any atom is 0.270 e. The first-order valence-electron chi connectivity index (χ1n) is 7.72. The largest absolute Gasteiger partial charge is 0.343 e. The van der Waals surface area contributed by atoms with Crippen LogP contribution in [0.5, 0.6) is 0 Å². The lowest BCUT2D eigenvalue weighted by Gasteiger charge is -2.04. The number of aromatic nitrogens is 4. The number of rotatable bonds is 4. The molecule has 0 aliphatic carbocycles. The van der Waals surface area contributed by atoms with Crippen molar-refractivity contribution < 1.29 is 9.32 Å². The van der Waals surface area contributed by atoms with Crippen molar-refractivity contribution in [2.45, 2.75) is 20.4 Å². The summed E-state index contributed by atoms with van der Waals surface area (Å²) in [4.78, 5) is 22.2. The molecule has 25 heavy (non-hydrogen) atoms. The standard InChI is InChI=1S/C17H15N5O2S/c1-10-5-6-14-19-11(2)15(22(14)9-10)16(23)18-8-13-20-17(24-21-13)12-4-3-7-25-12/h3-7,9H,8H2,1-2H3,(H,18,23). The molecule has 7 nitrogen and oxygen atoms in total. The molecule has 0 saturated heterocycles. The van der Waals surface area contributed by atoms with Gasteiger partial charge in [0.25, 0.3) is 11.8 Å². The van der Waals surface area contributed by atoms with Gasteiger partial charge >= 0.3 is 0 Å². The minimum absolute atomic E-state index is 0.187. The summed E-state index contributed by atoms with van der Waals surface area (Å²) >= 11 is 1.52. The highest BCUT2D eigenvalue weighted by atomic mass is 32.1. The molecule has 4 aromatic rings. The van der Waals surface area contributed by atoms with Crippen LogP contribution in [0.3, 0.4) is 0 Å². The van der Waals surface area contributed by atoms with Crippen LogP contribution in [0.2, 0.25) is 0 Å². The summed E-state index contributed by atoms with van der Waals surface area (Å²) in [6, 6.07) is 7.69. The predicted octanol–water partition coefficient (Wildman–Crippen LogP) is 2.99. The van der Waals surface area contributed by atoms with Gasteiger partial charge in [-0.3, -0.25) is 9.20 Å². The van der Waals surface area contributed by atoms with Crippen LogP contribution in [0, 0.1) is 13.8 Å². The van der Waals surface area contributed by atoms with Gasteiger partial charge in [0.15, 0.2) is 5.82 Å². The zero-order valence-electron chi connectivity index (χ0n) is 13.7. The number of nitrogens with one attached hydrogen (secondary N) is 1. The van der Waals surface area contributed by atoms with Crippen molar-refractivity contribution in [2.75, 3.05) is 0 Å². The van der Waals surface area contributed by atoms with Crippen molar-refractivity contribution in [2.24, 2.45) is 0 Å². The number of nitrogens with zero attached hydrogens (tertiary/aromatic N) is 4. The van der Waals surface area contributed by atoms with Crippen LogP contribution in [0.15, 0.2) is 40.4 Å². The molecular weight excluding hydrogens is 338 g/mol. The fourth-order valence-corrected chi connectivity index (χ4v) is 3.26. The summed E-state index contributed by atoms with van der Waals surface area (Å²) < 4.78 is 7.02. The molecule has 0 aliphatic rings. The number of hydrogen-bond acceptors (Lipinski definition) is 6. The highest BCUT2D eigenvalue weighted by Crippen LogP contribution is 2.22. The Bertz CT molecular complexity index is 1050. The van der Waals surface area contributed by atoms with E-state index in [1.165, 1.54) is 11.3 Å². The molecule has 8 heteroatoms. The minimum Gasteiger partial charge on any atom is -0.343 e.